The normalized spacial score (nSPS) is 20.4. The van der Waals surface area contributed by atoms with Crippen LogP contribution in [0.15, 0.2) is 23.1 Å². The van der Waals surface area contributed by atoms with Gasteiger partial charge in [0.25, 0.3) is 0 Å². The van der Waals surface area contributed by atoms with Crippen LogP contribution in [0.4, 0.5) is 0 Å². The lowest BCUT2D eigenvalue weighted by atomic mass is 10.1. The summed E-state index contributed by atoms with van der Waals surface area (Å²) in [4.78, 5) is 2.12. The second-order valence-corrected chi connectivity index (χ2v) is 7.71. The largest absolute Gasteiger partial charge is 0.305 e. The maximum Gasteiger partial charge on any atom is 0.244 e. The lowest BCUT2D eigenvalue weighted by Gasteiger charge is -2.35. The van der Waals surface area contributed by atoms with Crippen molar-refractivity contribution >= 4 is 21.6 Å². The van der Waals surface area contributed by atoms with Gasteiger partial charge in [0.05, 0.1) is 16.7 Å². The molecule has 0 saturated carbocycles. The van der Waals surface area contributed by atoms with Crippen LogP contribution in [0.5, 0.6) is 0 Å². The molecule has 114 valence electrons. The van der Waals surface area contributed by atoms with Crippen LogP contribution in [-0.2, 0) is 10.0 Å². The van der Waals surface area contributed by atoms with Crippen LogP contribution < -0.4 is 0 Å². The van der Waals surface area contributed by atoms with Crippen LogP contribution in [-0.4, -0.2) is 50.8 Å². The van der Waals surface area contributed by atoms with Crippen molar-refractivity contribution in [3.05, 3.63) is 28.8 Å². The first-order valence-corrected chi connectivity index (χ1v) is 8.54. The SMILES string of the molecule is CN1CCCC(N(C)S(=O)(=O)c2cc(C#N)ccc2Cl)C1. The summed E-state index contributed by atoms with van der Waals surface area (Å²) >= 11 is 6.02. The molecule has 2 rings (SSSR count). The highest BCUT2D eigenvalue weighted by atomic mass is 35.5. The molecule has 0 aliphatic carbocycles. The quantitative estimate of drug-likeness (QED) is 0.851. The summed E-state index contributed by atoms with van der Waals surface area (Å²) in [6.07, 6.45) is 1.79. The number of halogens is 1. The third-order valence-electron chi connectivity index (χ3n) is 3.83. The van der Waals surface area contributed by atoms with Gasteiger partial charge in [0.15, 0.2) is 0 Å². The van der Waals surface area contributed by atoms with Crippen molar-refractivity contribution in [1.82, 2.24) is 9.21 Å². The highest BCUT2D eigenvalue weighted by Crippen LogP contribution is 2.27. The van der Waals surface area contributed by atoms with E-state index >= 15 is 0 Å². The van der Waals surface area contributed by atoms with E-state index in [-0.39, 0.29) is 21.5 Å². The summed E-state index contributed by atoms with van der Waals surface area (Å²) in [5.74, 6) is 0. The first-order valence-electron chi connectivity index (χ1n) is 6.72. The summed E-state index contributed by atoms with van der Waals surface area (Å²) in [6.45, 7) is 1.68. The fourth-order valence-corrected chi connectivity index (χ4v) is 4.43. The number of hydrogen-bond acceptors (Lipinski definition) is 4. The molecule has 1 aliphatic rings. The minimum absolute atomic E-state index is 0.000979. The Hall–Kier alpha value is -1.13. The molecule has 1 aromatic rings. The van der Waals surface area contributed by atoms with Crippen LogP contribution >= 0.6 is 11.6 Å². The zero-order valence-electron chi connectivity index (χ0n) is 12.1. The average Bonchev–Trinajstić information content (AvgIpc) is 2.46. The molecule has 1 aromatic carbocycles. The van der Waals surface area contributed by atoms with Gasteiger partial charge in [-0.1, -0.05) is 11.6 Å². The Morgan fingerprint density at radius 2 is 2.19 bits per heavy atom. The second-order valence-electron chi connectivity index (χ2n) is 5.34. The van der Waals surface area contributed by atoms with Gasteiger partial charge >= 0.3 is 0 Å². The summed E-state index contributed by atoms with van der Waals surface area (Å²) in [5, 5.41) is 9.08. The first-order chi connectivity index (χ1) is 9.86. The minimum Gasteiger partial charge on any atom is -0.305 e. The van der Waals surface area contributed by atoms with Gasteiger partial charge in [0, 0.05) is 19.6 Å². The van der Waals surface area contributed by atoms with Gasteiger partial charge < -0.3 is 4.90 Å². The van der Waals surface area contributed by atoms with E-state index in [1.807, 2.05) is 13.1 Å². The Morgan fingerprint density at radius 1 is 1.48 bits per heavy atom. The van der Waals surface area contributed by atoms with E-state index in [1.54, 1.807) is 7.05 Å². The molecule has 1 atom stereocenters. The van der Waals surface area contributed by atoms with E-state index in [1.165, 1.54) is 22.5 Å². The number of likely N-dealkylation sites (tertiary alicyclic amines) is 1. The second kappa shape index (κ2) is 6.32. The molecule has 0 spiro atoms. The van der Waals surface area contributed by atoms with E-state index in [0.717, 1.165) is 19.4 Å². The van der Waals surface area contributed by atoms with Gasteiger partial charge in [-0.15, -0.1) is 0 Å². The minimum atomic E-state index is -3.70. The smallest absolute Gasteiger partial charge is 0.244 e. The molecule has 1 aliphatic heterocycles. The van der Waals surface area contributed by atoms with Crippen LogP contribution in [0.25, 0.3) is 0 Å². The summed E-state index contributed by atoms with van der Waals surface area (Å²) in [7, 11) is -0.142. The van der Waals surface area contributed by atoms with E-state index < -0.39 is 10.0 Å². The standard InChI is InChI=1S/C14H18ClN3O2S/c1-17-7-3-4-12(10-17)18(2)21(19,20)14-8-11(9-16)5-6-13(14)15/h5-6,8,12H,3-4,7,10H2,1-2H3. The first kappa shape index (κ1) is 16.2. The Bertz CT molecular complexity index is 669. The lowest BCUT2D eigenvalue weighted by molar-refractivity contribution is 0.187. The van der Waals surface area contributed by atoms with Crippen molar-refractivity contribution in [3.8, 4) is 6.07 Å². The van der Waals surface area contributed by atoms with Crippen LogP contribution in [0.2, 0.25) is 5.02 Å². The molecule has 0 radical (unpaired) electrons. The Morgan fingerprint density at radius 3 is 2.81 bits per heavy atom. The van der Waals surface area contributed by atoms with Crippen LogP contribution in [0.1, 0.15) is 18.4 Å². The van der Waals surface area contributed by atoms with Crippen molar-refractivity contribution in [1.29, 1.82) is 5.26 Å². The van der Waals surface area contributed by atoms with Gasteiger partial charge in [-0.3, -0.25) is 0 Å². The number of nitriles is 1. The number of sulfonamides is 1. The molecule has 21 heavy (non-hydrogen) atoms. The Balaban J connectivity index is 2.35. The molecule has 1 saturated heterocycles. The molecular formula is C14H18ClN3O2S. The maximum atomic E-state index is 12.7. The number of benzene rings is 1. The Labute approximate surface area is 130 Å². The summed E-state index contributed by atoms with van der Waals surface area (Å²) < 4.78 is 26.9. The van der Waals surface area contributed by atoms with Crippen molar-refractivity contribution in [2.75, 3.05) is 27.2 Å². The van der Waals surface area contributed by atoms with Crippen LogP contribution in [0, 0.1) is 11.3 Å². The number of rotatable bonds is 3. The van der Waals surface area contributed by atoms with Crippen LogP contribution in [0.3, 0.4) is 0 Å². The topological polar surface area (TPSA) is 64.4 Å². The van der Waals surface area contributed by atoms with Crippen molar-refractivity contribution in [2.45, 2.75) is 23.8 Å². The highest BCUT2D eigenvalue weighted by molar-refractivity contribution is 7.89. The summed E-state index contributed by atoms with van der Waals surface area (Å²) in [5.41, 5.74) is 0.284. The van der Waals surface area contributed by atoms with Gasteiger partial charge in [-0.05, 0) is 44.6 Å². The predicted octanol–water partition coefficient (Wildman–Crippen LogP) is 1.93. The molecule has 1 unspecified atom stereocenters. The van der Waals surface area contributed by atoms with Gasteiger partial charge in [0.1, 0.15) is 4.90 Å². The zero-order valence-corrected chi connectivity index (χ0v) is 13.7. The van der Waals surface area contributed by atoms with Gasteiger partial charge in [-0.25, -0.2) is 8.42 Å². The molecule has 0 N–H and O–H groups in total. The monoisotopic (exact) mass is 327 g/mol. The van der Waals surface area contributed by atoms with Crippen molar-refractivity contribution in [2.24, 2.45) is 0 Å². The summed E-state index contributed by atoms with van der Waals surface area (Å²) in [6, 6.07) is 6.16. The third-order valence-corrected chi connectivity index (χ3v) is 6.22. The van der Waals surface area contributed by atoms with E-state index in [2.05, 4.69) is 4.90 Å². The number of piperidine rings is 1. The highest BCUT2D eigenvalue weighted by Gasteiger charge is 2.32. The van der Waals surface area contributed by atoms with Gasteiger partial charge in [-0.2, -0.15) is 9.57 Å². The van der Waals surface area contributed by atoms with E-state index in [4.69, 9.17) is 16.9 Å². The molecule has 0 bridgehead atoms. The number of hydrogen-bond donors (Lipinski definition) is 0. The molecule has 7 heteroatoms. The third kappa shape index (κ3) is 3.38. The lowest BCUT2D eigenvalue weighted by Crippen LogP contribution is -2.47. The van der Waals surface area contributed by atoms with E-state index in [0.29, 0.717) is 6.54 Å². The predicted molar refractivity (Wildman–Crippen MR) is 81.6 cm³/mol. The Kier molecular flexibility index (Phi) is 4.89. The molecule has 1 fully saturated rings. The van der Waals surface area contributed by atoms with Crippen molar-refractivity contribution in [3.63, 3.8) is 0 Å². The average molecular weight is 328 g/mol. The zero-order chi connectivity index (χ0) is 15.6. The molecular weight excluding hydrogens is 310 g/mol. The fourth-order valence-electron chi connectivity index (χ4n) is 2.56. The molecule has 0 amide bonds. The molecule has 1 heterocycles. The maximum absolute atomic E-state index is 12.7. The van der Waals surface area contributed by atoms with Crippen molar-refractivity contribution < 1.29 is 8.42 Å². The van der Waals surface area contributed by atoms with E-state index in [9.17, 15) is 8.42 Å². The van der Waals surface area contributed by atoms with Gasteiger partial charge in [0.2, 0.25) is 10.0 Å². The number of nitrogens with zero attached hydrogens (tertiary/aromatic N) is 3. The molecule has 0 aromatic heterocycles. The number of likely N-dealkylation sites (N-methyl/N-ethyl adjacent to an activating group) is 2. The fraction of sp³-hybridized carbons (Fsp3) is 0.500. The molecule has 5 nitrogen and oxygen atoms in total.